The number of rotatable bonds is 6. The summed E-state index contributed by atoms with van der Waals surface area (Å²) in [6.07, 6.45) is 3.70. The molecule has 15 heavy (non-hydrogen) atoms. The molecule has 1 rings (SSSR count). The third kappa shape index (κ3) is 4.96. The highest BCUT2D eigenvalue weighted by molar-refractivity contribution is 4.71. The van der Waals surface area contributed by atoms with Crippen molar-refractivity contribution in [3.05, 3.63) is 0 Å². The summed E-state index contributed by atoms with van der Waals surface area (Å²) < 4.78 is 5.43. The molecule has 0 aliphatic carbocycles. The molecule has 90 valence electrons. The quantitative estimate of drug-likeness (QED) is 0.725. The van der Waals surface area contributed by atoms with Crippen LogP contribution in [0.1, 0.15) is 33.1 Å². The Morgan fingerprint density at radius 2 is 2.33 bits per heavy atom. The lowest BCUT2D eigenvalue weighted by Crippen LogP contribution is -2.42. The van der Waals surface area contributed by atoms with Crippen LogP contribution in [-0.2, 0) is 4.74 Å². The molecule has 1 N–H and O–H groups in total. The Hall–Kier alpha value is -0.120. The summed E-state index contributed by atoms with van der Waals surface area (Å²) in [7, 11) is 2.20. The molecule has 0 bridgehead atoms. The number of ether oxygens (including phenoxy) is 1. The largest absolute Gasteiger partial charge is 0.380 e. The Morgan fingerprint density at radius 1 is 1.53 bits per heavy atom. The minimum absolute atomic E-state index is 0.587. The SMILES string of the molecule is CCC(C)N(C)CCNC1CCCOC1. The van der Waals surface area contributed by atoms with Crippen molar-refractivity contribution in [2.45, 2.75) is 45.2 Å². The van der Waals surface area contributed by atoms with E-state index in [1.54, 1.807) is 0 Å². The highest BCUT2D eigenvalue weighted by Gasteiger charge is 2.13. The summed E-state index contributed by atoms with van der Waals surface area (Å²) in [5, 5.41) is 3.56. The zero-order valence-corrected chi connectivity index (χ0v) is 10.5. The van der Waals surface area contributed by atoms with Crippen LogP contribution in [0.5, 0.6) is 0 Å². The molecule has 0 saturated carbocycles. The van der Waals surface area contributed by atoms with Gasteiger partial charge in [0.15, 0.2) is 0 Å². The molecule has 0 aromatic heterocycles. The Bertz CT molecular complexity index is 156. The van der Waals surface area contributed by atoms with Gasteiger partial charge in [0.2, 0.25) is 0 Å². The molecule has 0 aromatic rings. The van der Waals surface area contributed by atoms with Gasteiger partial charge in [-0.05, 0) is 33.2 Å². The monoisotopic (exact) mass is 214 g/mol. The second kappa shape index (κ2) is 7.20. The van der Waals surface area contributed by atoms with E-state index < -0.39 is 0 Å². The smallest absolute Gasteiger partial charge is 0.0619 e. The third-order valence-electron chi connectivity index (χ3n) is 3.40. The molecular weight excluding hydrogens is 188 g/mol. The molecule has 1 saturated heterocycles. The lowest BCUT2D eigenvalue weighted by atomic mass is 10.1. The number of nitrogens with one attached hydrogen (secondary N) is 1. The fourth-order valence-corrected chi connectivity index (χ4v) is 1.88. The van der Waals surface area contributed by atoms with Gasteiger partial charge in [-0.15, -0.1) is 0 Å². The summed E-state index contributed by atoms with van der Waals surface area (Å²) >= 11 is 0. The van der Waals surface area contributed by atoms with E-state index in [4.69, 9.17) is 4.74 Å². The van der Waals surface area contributed by atoms with Gasteiger partial charge in [-0.25, -0.2) is 0 Å². The molecule has 1 aliphatic heterocycles. The lowest BCUT2D eigenvalue weighted by molar-refractivity contribution is 0.0693. The summed E-state index contributed by atoms with van der Waals surface area (Å²) in [6.45, 7) is 8.58. The van der Waals surface area contributed by atoms with Gasteiger partial charge in [0.05, 0.1) is 6.61 Å². The van der Waals surface area contributed by atoms with Crippen LogP contribution >= 0.6 is 0 Å². The van der Waals surface area contributed by atoms with Crippen LogP contribution < -0.4 is 5.32 Å². The fraction of sp³-hybridized carbons (Fsp3) is 1.00. The van der Waals surface area contributed by atoms with Crippen molar-refractivity contribution < 1.29 is 4.74 Å². The molecule has 0 amide bonds. The maximum atomic E-state index is 5.43. The van der Waals surface area contributed by atoms with Crippen LogP contribution in [0.3, 0.4) is 0 Å². The topological polar surface area (TPSA) is 24.5 Å². The first-order chi connectivity index (χ1) is 7.24. The first-order valence-electron chi connectivity index (χ1n) is 6.25. The first kappa shape index (κ1) is 12.9. The first-order valence-corrected chi connectivity index (χ1v) is 6.25. The van der Waals surface area contributed by atoms with E-state index in [9.17, 15) is 0 Å². The van der Waals surface area contributed by atoms with E-state index in [0.29, 0.717) is 12.1 Å². The molecule has 3 heteroatoms. The van der Waals surface area contributed by atoms with E-state index in [-0.39, 0.29) is 0 Å². The molecule has 0 spiro atoms. The van der Waals surface area contributed by atoms with E-state index in [2.05, 4.69) is 31.1 Å². The Kier molecular flexibility index (Phi) is 6.22. The van der Waals surface area contributed by atoms with Crippen molar-refractivity contribution in [1.82, 2.24) is 10.2 Å². The van der Waals surface area contributed by atoms with Crippen LogP contribution in [0.4, 0.5) is 0 Å². The number of hydrogen-bond acceptors (Lipinski definition) is 3. The van der Waals surface area contributed by atoms with Crippen molar-refractivity contribution in [3.8, 4) is 0 Å². The minimum Gasteiger partial charge on any atom is -0.380 e. The van der Waals surface area contributed by atoms with E-state index in [0.717, 1.165) is 26.3 Å². The average Bonchev–Trinajstić information content (AvgIpc) is 2.29. The molecule has 0 radical (unpaired) electrons. The molecule has 0 aromatic carbocycles. The van der Waals surface area contributed by atoms with Crippen molar-refractivity contribution in [2.75, 3.05) is 33.4 Å². The van der Waals surface area contributed by atoms with Crippen molar-refractivity contribution in [2.24, 2.45) is 0 Å². The van der Waals surface area contributed by atoms with Crippen molar-refractivity contribution in [3.63, 3.8) is 0 Å². The predicted molar refractivity (Wildman–Crippen MR) is 64.2 cm³/mol. The van der Waals surface area contributed by atoms with E-state index in [1.165, 1.54) is 19.3 Å². The molecule has 1 fully saturated rings. The fourth-order valence-electron chi connectivity index (χ4n) is 1.88. The molecule has 1 heterocycles. The van der Waals surface area contributed by atoms with Crippen LogP contribution in [0, 0.1) is 0 Å². The average molecular weight is 214 g/mol. The van der Waals surface area contributed by atoms with Crippen LogP contribution in [0.2, 0.25) is 0 Å². The zero-order valence-electron chi connectivity index (χ0n) is 10.5. The van der Waals surface area contributed by atoms with E-state index >= 15 is 0 Å². The number of likely N-dealkylation sites (N-methyl/N-ethyl adjacent to an activating group) is 1. The van der Waals surface area contributed by atoms with Crippen molar-refractivity contribution in [1.29, 1.82) is 0 Å². The Morgan fingerprint density at radius 3 is 2.93 bits per heavy atom. The normalized spacial score (nSPS) is 24.4. The maximum Gasteiger partial charge on any atom is 0.0619 e. The number of hydrogen-bond donors (Lipinski definition) is 1. The van der Waals surface area contributed by atoms with Gasteiger partial charge in [-0.1, -0.05) is 6.92 Å². The summed E-state index contributed by atoms with van der Waals surface area (Å²) in [4.78, 5) is 2.41. The summed E-state index contributed by atoms with van der Waals surface area (Å²) in [5.41, 5.74) is 0. The molecule has 3 nitrogen and oxygen atoms in total. The minimum atomic E-state index is 0.587. The third-order valence-corrected chi connectivity index (χ3v) is 3.40. The second-order valence-corrected chi connectivity index (χ2v) is 4.61. The maximum absolute atomic E-state index is 5.43. The predicted octanol–water partition coefficient (Wildman–Crippen LogP) is 1.49. The van der Waals surface area contributed by atoms with Gasteiger partial charge in [-0.3, -0.25) is 0 Å². The standard InChI is InChI=1S/C12H26N2O/c1-4-11(2)14(3)8-7-13-12-6-5-9-15-10-12/h11-13H,4-10H2,1-3H3. The van der Waals surface area contributed by atoms with Crippen LogP contribution in [0.25, 0.3) is 0 Å². The van der Waals surface area contributed by atoms with Gasteiger partial charge in [0, 0.05) is 31.8 Å². The summed E-state index contributed by atoms with van der Waals surface area (Å²) in [6, 6.07) is 1.28. The van der Waals surface area contributed by atoms with E-state index in [1.807, 2.05) is 0 Å². The van der Waals surface area contributed by atoms with Gasteiger partial charge >= 0.3 is 0 Å². The molecule has 1 aliphatic rings. The van der Waals surface area contributed by atoms with Gasteiger partial charge < -0.3 is 15.0 Å². The lowest BCUT2D eigenvalue weighted by Gasteiger charge is -2.27. The van der Waals surface area contributed by atoms with Crippen LogP contribution in [-0.4, -0.2) is 50.3 Å². The highest BCUT2D eigenvalue weighted by atomic mass is 16.5. The molecule has 2 unspecified atom stereocenters. The van der Waals surface area contributed by atoms with Crippen molar-refractivity contribution >= 4 is 0 Å². The molecular formula is C12H26N2O. The van der Waals surface area contributed by atoms with Gasteiger partial charge in [-0.2, -0.15) is 0 Å². The zero-order chi connectivity index (χ0) is 11.1. The Labute approximate surface area is 94.2 Å². The summed E-state index contributed by atoms with van der Waals surface area (Å²) in [5.74, 6) is 0. The van der Waals surface area contributed by atoms with Gasteiger partial charge in [0.25, 0.3) is 0 Å². The Balaban J connectivity index is 2.04. The highest BCUT2D eigenvalue weighted by Crippen LogP contribution is 2.05. The number of nitrogens with zero attached hydrogens (tertiary/aromatic N) is 1. The molecule has 2 atom stereocenters. The van der Waals surface area contributed by atoms with Crippen LogP contribution in [0.15, 0.2) is 0 Å². The second-order valence-electron chi connectivity index (χ2n) is 4.61. The van der Waals surface area contributed by atoms with Gasteiger partial charge in [0.1, 0.15) is 0 Å².